The first-order valence-electron chi connectivity index (χ1n) is 8.77. The Balaban J connectivity index is 1.47. The summed E-state index contributed by atoms with van der Waals surface area (Å²) >= 11 is 0. The van der Waals surface area contributed by atoms with E-state index in [-0.39, 0.29) is 28.7 Å². The highest BCUT2D eigenvalue weighted by molar-refractivity contribution is 5.96. The van der Waals surface area contributed by atoms with Gasteiger partial charge in [0.1, 0.15) is 17.1 Å². The van der Waals surface area contributed by atoms with Crippen LogP contribution in [0.3, 0.4) is 0 Å². The standard InChI is InChI=1S/C20H12N4O7/c25-20(19-10-12-9-13(23(26)27)5-7-17(12)31-19)22-21-11-14-6-8-18(30-14)15-3-1-2-4-16(15)24(28)29/h1-11H,(H,22,25)/b21-11-. The van der Waals surface area contributed by atoms with E-state index in [2.05, 4.69) is 10.5 Å². The van der Waals surface area contributed by atoms with Crippen LogP contribution in [0.5, 0.6) is 0 Å². The van der Waals surface area contributed by atoms with Gasteiger partial charge in [-0.1, -0.05) is 12.1 Å². The molecule has 0 aliphatic carbocycles. The second-order valence-corrected chi connectivity index (χ2v) is 6.27. The van der Waals surface area contributed by atoms with Crippen LogP contribution in [0.25, 0.3) is 22.3 Å². The Bertz CT molecular complexity index is 1350. The van der Waals surface area contributed by atoms with Gasteiger partial charge in [0.2, 0.25) is 0 Å². The highest BCUT2D eigenvalue weighted by Crippen LogP contribution is 2.30. The van der Waals surface area contributed by atoms with Crippen LogP contribution >= 0.6 is 0 Å². The summed E-state index contributed by atoms with van der Waals surface area (Å²) in [6.45, 7) is 0. The summed E-state index contributed by atoms with van der Waals surface area (Å²) in [5, 5.41) is 26.2. The number of benzene rings is 2. The molecule has 0 saturated heterocycles. The maximum Gasteiger partial charge on any atom is 0.307 e. The van der Waals surface area contributed by atoms with Crippen molar-refractivity contribution in [3.05, 3.63) is 92.4 Å². The zero-order valence-corrected chi connectivity index (χ0v) is 15.6. The molecule has 1 amide bonds. The number of nitro benzene ring substituents is 2. The van der Waals surface area contributed by atoms with Crippen LogP contribution in [0.15, 0.2) is 74.6 Å². The number of fused-ring (bicyclic) bond motifs is 1. The molecule has 11 nitrogen and oxygen atoms in total. The Morgan fingerprint density at radius 2 is 1.77 bits per heavy atom. The first-order valence-corrected chi connectivity index (χ1v) is 8.77. The van der Waals surface area contributed by atoms with E-state index in [0.717, 1.165) is 0 Å². The number of hydrazone groups is 1. The van der Waals surface area contributed by atoms with Crippen molar-refractivity contribution in [2.75, 3.05) is 0 Å². The van der Waals surface area contributed by atoms with Crippen molar-refractivity contribution in [1.82, 2.24) is 5.43 Å². The Morgan fingerprint density at radius 3 is 2.55 bits per heavy atom. The Hall–Kier alpha value is -4.80. The second-order valence-electron chi connectivity index (χ2n) is 6.27. The minimum atomic E-state index is -0.666. The third-order valence-corrected chi connectivity index (χ3v) is 4.29. The Morgan fingerprint density at radius 1 is 0.968 bits per heavy atom. The summed E-state index contributed by atoms with van der Waals surface area (Å²) in [7, 11) is 0. The van der Waals surface area contributed by atoms with E-state index in [1.807, 2.05) is 0 Å². The molecule has 0 atom stereocenters. The number of nitrogens with one attached hydrogen (secondary N) is 1. The maximum absolute atomic E-state index is 12.2. The number of carbonyl (C=O) groups is 1. The third-order valence-electron chi connectivity index (χ3n) is 4.29. The van der Waals surface area contributed by atoms with E-state index in [9.17, 15) is 25.0 Å². The normalized spacial score (nSPS) is 11.1. The molecule has 154 valence electrons. The van der Waals surface area contributed by atoms with Crippen molar-refractivity contribution >= 4 is 34.5 Å². The van der Waals surface area contributed by atoms with E-state index in [1.54, 1.807) is 30.3 Å². The fraction of sp³-hybridized carbons (Fsp3) is 0. The first-order chi connectivity index (χ1) is 14.9. The molecule has 2 aromatic heterocycles. The maximum atomic E-state index is 12.2. The van der Waals surface area contributed by atoms with Crippen LogP contribution in [0.4, 0.5) is 11.4 Å². The van der Waals surface area contributed by atoms with Gasteiger partial charge in [0.15, 0.2) is 5.76 Å². The average molecular weight is 420 g/mol. The lowest BCUT2D eigenvalue weighted by molar-refractivity contribution is -0.384. The molecule has 0 aliphatic heterocycles. The molecule has 0 radical (unpaired) electrons. The predicted molar refractivity (Wildman–Crippen MR) is 109 cm³/mol. The van der Waals surface area contributed by atoms with Gasteiger partial charge < -0.3 is 8.83 Å². The topological polar surface area (TPSA) is 154 Å². The number of hydrogen-bond donors (Lipinski definition) is 1. The van der Waals surface area contributed by atoms with Crippen LogP contribution in [0, 0.1) is 20.2 Å². The molecule has 31 heavy (non-hydrogen) atoms. The molecule has 4 aromatic rings. The Labute approximate surface area is 172 Å². The van der Waals surface area contributed by atoms with Crippen LogP contribution in [0.2, 0.25) is 0 Å². The van der Waals surface area contributed by atoms with Gasteiger partial charge in [-0.15, -0.1) is 0 Å². The van der Waals surface area contributed by atoms with Gasteiger partial charge in [0.25, 0.3) is 11.4 Å². The van der Waals surface area contributed by atoms with Crippen molar-refractivity contribution in [2.45, 2.75) is 0 Å². The van der Waals surface area contributed by atoms with E-state index in [0.29, 0.717) is 16.5 Å². The zero-order chi connectivity index (χ0) is 22.0. The van der Waals surface area contributed by atoms with Gasteiger partial charge in [-0.25, -0.2) is 5.43 Å². The van der Waals surface area contributed by atoms with E-state index in [4.69, 9.17) is 8.83 Å². The minimum absolute atomic E-state index is 0.0762. The SMILES string of the molecule is O=C(N/N=C\c1ccc(-c2ccccc2[N+](=O)[O-])o1)c1cc2cc([N+](=O)[O-])ccc2o1. The summed E-state index contributed by atoms with van der Waals surface area (Å²) in [6, 6.07) is 14.6. The van der Waals surface area contributed by atoms with Gasteiger partial charge in [-0.3, -0.25) is 25.0 Å². The number of rotatable bonds is 6. The summed E-state index contributed by atoms with van der Waals surface area (Å²) < 4.78 is 10.9. The summed E-state index contributed by atoms with van der Waals surface area (Å²) in [6.07, 6.45) is 1.23. The molecule has 4 rings (SSSR count). The number of para-hydroxylation sites is 1. The smallest absolute Gasteiger partial charge is 0.307 e. The predicted octanol–water partition coefficient (Wildman–Crippen LogP) is 4.27. The van der Waals surface area contributed by atoms with Crippen LogP contribution < -0.4 is 5.43 Å². The molecule has 2 aromatic carbocycles. The summed E-state index contributed by atoms with van der Waals surface area (Å²) in [4.78, 5) is 33.1. The highest BCUT2D eigenvalue weighted by Gasteiger charge is 2.17. The summed E-state index contributed by atoms with van der Waals surface area (Å²) in [5.74, 6) is -0.207. The molecule has 0 saturated carbocycles. The quantitative estimate of drug-likeness (QED) is 0.277. The lowest BCUT2D eigenvalue weighted by Gasteiger charge is -1.98. The molecule has 0 fully saturated rings. The van der Waals surface area contributed by atoms with Crippen LogP contribution in [0.1, 0.15) is 16.3 Å². The molecular weight excluding hydrogens is 408 g/mol. The molecule has 1 N–H and O–H groups in total. The number of nitro groups is 2. The summed E-state index contributed by atoms with van der Waals surface area (Å²) in [5.41, 5.74) is 2.67. The van der Waals surface area contributed by atoms with E-state index in [1.165, 1.54) is 36.5 Å². The van der Waals surface area contributed by atoms with Gasteiger partial charge in [0, 0.05) is 23.6 Å². The van der Waals surface area contributed by atoms with Gasteiger partial charge >= 0.3 is 5.91 Å². The Kier molecular flexibility index (Phi) is 4.98. The van der Waals surface area contributed by atoms with Crippen molar-refractivity contribution in [2.24, 2.45) is 5.10 Å². The zero-order valence-electron chi connectivity index (χ0n) is 15.6. The largest absolute Gasteiger partial charge is 0.455 e. The molecule has 0 unspecified atom stereocenters. The van der Waals surface area contributed by atoms with Crippen molar-refractivity contribution in [3.63, 3.8) is 0 Å². The number of amides is 1. The van der Waals surface area contributed by atoms with Gasteiger partial charge in [-0.2, -0.15) is 5.10 Å². The number of non-ortho nitro benzene ring substituents is 1. The monoisotopic (exact) mass is 420 g/mol. The third kappa shape index (κ3) is 4.00. The molecule has 0 bridgehead atoms. The van der Waals surface area contributed by atoms with Crippen LogP contribution in [-0.2, 0) is 0 Å². The molecule has 0 spiro atoms. The highest BCUT2D eigenvalue weighted by atomic mass is 16.6. The number of nitrogens with zero attached hydrogens (tertiary/aromatic N) is 3. The van der Waals surface area contributed by atoms with Gasteiger partial charge in [0.05, 0.1) is 21.6 Å². The lowest BCUT2D eigenvalue weighted by atomic mass is 10.1. The second kappa shape index (κ2) is 7.91. The van der Waals surface area contributed by atoms with Crippen LogP contribution in [-0.4, -0.2) is 22.0 Å². The fourth-order valence-corrected chi connectivity index (χ4v) is 2.87. The number of carbonyl (C=O) groups excluding carboxylic acids is 1. The van der Waals surface area contributed by atoms with Crippen molar-refractivity contribution in [1.29, 1.82) is 0 Å². The lowest BCUT2D eigenvalue weighted by Crippen LogP contribution is -2.16. The average Bonchev–Trinajstić information content (AvgIpc) is 3.40. The van der Waals surface area contributed by atoms with E-state index < -0.39 is 15.8 Å². The minimum Gasteiger partial charge on any atom is -0.455 e. The fourth-order valence-electron chi connectivity index (χ4n) is 2.87. The first kappa shape index (κ1) is 19.5. The number of hydrogen-bond acceptors (Lipinski definition) is 8. The molecule has 11 heteroatoms. The molecular formula is C20H12N4O7. The van der Waals surface area contributed by atoms with Crippen molar-refractivity contribution < 1.29 is 23.5 Å². The molecule has 0 aliphatic rings. The number of furan rings is 2. The molecule has 2 heterocycles. The van der Waals surface area contributed by atoms with Crippen molar-refractivity contribution in [3.8, 4) is 11.3 Å². The van der Waals surface area contributed by atoms with E-state index >= 15 is 0 Å². The van der Waals surface area contributed by atoms with Gasteiger partial charge in [-0.05, 0) is 30.3 Å².